The first-order chi connectivity index (χ1) is 9.79. The predicted molar refractivity (Wildman–Crippen MR) is 84.1 cm³/mol. The minimum absolute atomic E-state index is 0.0603. The lowest BCUT2D eigenvalue weighted by molar-refractivity contribution is 0.0937. The maximum absolute atomic E-state index is 12.1. The van der Waals surface area contributed by atoms with Crippen LogP contribution in [0.25, 0.3) is 0 Å². The molecule has 1 unspecified atom stereocenters. The Kier molecular flexibility index (Phi) is 6.74. The number of carbonyl (C=O) groups excluding carboxylic acids is 1. The van der Waals surface area contributed by atoms with Gasteiger partial charge in [0.1, 0.15) is 10.6 Å². The summed E-state index contributed by atoms with van der Waals surface area (Å²) in [5, 5.41) is 2.87. The number of halogens is 1. The van der Waals surface area contributed by atoms with Gasteiger partial charge in [-0.2, -0.15) is 0 Å². The van der Waals surface area contributed by atoms with Crippen LogP contribution >= 0.6 is 10.7 Å². The summed E-state index contributed by atoms with van der Waals surface area (Å²) in [5.41, 5.74) is 0.291. The highest BCUT2D eigenvalue weighted by Gasteiger charge is 2.19. The van der Waals surface area contributed by atoms with Crippen LogP contribution in [0.1, 0.15) is 50.0 Å². The molecule has 1 N–H and O–H groups in total. The molecule has 0 radical (unpaired) electrons. The van der Waals surface area contributed by atoms with Crippen LogP contribution in [0.5, 0.6) is 0 Å². The summed E-state index contributed by atoms with van der Waals surface area (Å²) in [5.74, 6) is 0.171. The van der Waals surface area contributed by atoms with Crippen molar-refractivity contribution in [2.45, 2.75) is 44.4 Å². The number of nitrogens with one attached hydrogen (secondary N) is 1. The van der Waals surface area contributed by atoms with Crippen molar-refractivity contribution < 1.29 is 13.2 Å². The monoisotopic (exact) mass is 334 g/mol. The van der Waals surface area contributed by atoms with Gasteiger partial charge in [0, 0.05) is 30.5 Å². The first-order valence-electron chi connectivity index (χ1n) is 7.18. The summed E-state index contributed by atoms with van der Waals surface area (Å²) < 4.78 is 24.0. The Morgan fingerprint density at radius 2 is 2.10 bits per heavy atom. The largest absolute Gasteiger partial charge is 0.350 e. The molecule has 1 atom stereocenters. The zero-order valence-electron chi connectivity index (χ0n) is 12.7. The van der Waals surface area contributed by atoms with Crippen molar-refractivity contribution in [2.24, 2.45) is 13.0 Å². The van der Waals surface area contributed by atoms with E-state index in [1.165, 1.54) is 16.8 Å². The van der Waals surface area contributed by atoms with E-state index < -0.39 is 9.05 Å². The van der Waals surface area contributed by atoms with E-state index in [-0.39, 0.29) is 10.8 Å². The molecular weight excluding hydrogens is 312 g/mol. The average molecular weight is 335 g/mol. The molecule has 0 aromatic carbocycles. The molecule has 0 aliphatic carbocycles. The zero-order valence-corrected chi connectivity index (χ0v) is 14.3. The van der Waals surface area contributed by atoms with Crippen LogP contribution in [-0.2, 0) is 16.1 Å². The van der Waals surface area contributed by atoms with Crippen molar-refractivity contribution in [3.8, 4) is 0 Å². The van der Waals surface area contributed by atoms with Gasteiger partial charge in [0.15, 0.2) is 0 Å². The normalized spacial score (nSPS) is 13.1. The van der Waals surface area contributed by atoms with Gasteiger partial charge in [0.2, 0.25) is 0 Å². The van der Waals surface area contributed by atoms with E-state index >= 15 is 0 Å². The highest BCUT2D eigenvalue weighted by molar-refractivity contribution is 8.13. The molecule has 0 fully saturated rings. The number of aryl methyl sites for hydroxylation is 1. The third-order valence-corrected chi connectivity index (χ3v) is 4.91. The summed E-state index contributed by atoms with van der Waals surface area (Å²) in [6.07, 6.45) is 5.72. The summed E-state index contributed by atoms with van der Waals surface area (Å²) >= 11 is 0. The topological polar surface area (TPSA) is 68.2 Å². The molecule has 1 rings (SSSR count). The maximum atomic E-state index is 12.1. The molecule has 0 saturated carbocycles. The number of unbranched alkanes of at least 4 members (excludes halogenated alkanes) is 1. The molecule has 0 aliphatic rings. The fourth-order valence-electron chi connectivity index (χ4n) is 2.16. The lowest BCUT2D eigenvalue weighted by Gasteiger charge is -2.15. The molecule has 1 aromatic heterocycles. The van der Waals surface area contributed by atoms with Crippen LogP contribution in [0.2, 0.25) is 0 Å². The highest BCUT2D eigenvalue weighted by Crippen LogP contribution is 2.18. The Morgan fingerprint density at radius 1 is 1.43 bits per heavy atom. The van der Waals surface area contributed by atoms with Gasteiger partial charge < -0.3 is 9.88 Å². The van der Waals surface area contributed by atoms with Crippen molar-refractivity contribution in [3.63, 3.8) is 0 Å². The van der Waals surface area contributed by atoms with Crippen LogP contribution in [0, 0.1) is 5.92 Å². The molecule has 1 amide bonds. The zero-order chi connectivity index (χ0) is 16.0. The fourth-order valence-corrected chi connectivity index (χ4v) is 2.95. The Hall–Kier alpha value is -1.01. The number of aromatic nitrogens is 1. The van der Waals surface area contributed by atoms with E-state index in [1.807, 2.05) is 0 Å². The van der Waals surface area contributed by atoms with Gasteiger partial charge >= 0.3 is 0 Å². The fraction of sp³-hybridized carbons (Fsp3) is 0.643. The predicted octanol–water partition coefficient (Wildman–Crippen LogP) is 2.90. The van der Waals surface area contributed by atoms with E-state index in [1.54, 1.807) is 7.05 Å². The van der Waals surface area contributed by atoms with Crippen LogP contribution in [0.4, 0.5) is 0 Å². The Morgan fingerprint density at radius 3 is 2.57 bits per heavy atom. The van der Waals surface area contributed by atoms with Gasteiger partial charge in [-0.1, -0.05) is 33.1 Å². The van der Waals surface area contributed by atoms with E-state index in [0.717, 1.165) is 25.7 Å². The SMILES string of the molecule is CCCCC(CC)CNC(=O)c1cc(S(=O)(=O)Cl)cn1C. The number of hydrogen-bond acceptors (Lipinski definition) is 3. The summed E-state index contributed by atoms with van der Waals surface area (Å²) in [7, 11) is 3.09. The molecule has 0 saturated heterocycles. The van der Waals surface area contributed by atoms with Gasteiger partial charge in [0.05, 0.1) is 0 Å². The lowest BCUT2D eigenvalue weighted by Crippen LogP contribution is -2.30. The number of carbonyl (C=O) groups is 1. The van der Waals surface area contributed by atoms with Gasteiger partial charge in [-0.05, 0) is 18.4 Å². The first-order valence-corrected chi connectivity index (χ1v) is 9.49. The smallest absolute Gasteiger partial charge is 0.267 e. The number of nitrogens with zero attached hydrogens (tertiary/aromatic N) is 1. The van der Waals surface area contributed by atoms with E-state index in [4.69, 9.17) is 10.7 Å². The molecule has 1 aromatic rings. The van der Waals surface area contributed by atoms with Crippen molar-refractivity contribution in [1.29, 1.82) is 0 Å². The van der Waals surface area contributed by atoms with Crippen molar-refractivity contribution in [2.75, 3.05) is 6.54 Å². The molecule has 5 nitrogen and oxygen atoms in total. The quantitative estimate of drug-likeness (QED) is 0.743. The molecule has 120 valence electrons. The van der Waals surface area contributed by atoms with Crippen molar-refractivity contribution >= 4 is 25.6 Å². The molecule has 0 bridgehead atoms. The maximum Gasteiger partial charge on any atom is 0.267 e. The third-order valence-electron chi connectivity index (χ3n) is 3.59. The Labute approximate surface area is 131 Å². The van der Waals surface area contributed by atoms with Crippen molar-refractivity contribution in [3.05, 3.63) is 18.0 Å². The molecule has 0 spiro atoms. The van der Waals surface area contributed by atoms with E-state index in [2.05, 4.69) is 19.2 Å². The van der Waals surface area contributed by atoms with Gasteiger partial charge in [-0.3, -0.25) is 4.79 Å². The molecular formula is C14H23ClN2O3S. The number of amides is 1. The number of rotatable bonds is 8. The Balaban J connectivity index is 2.70. The second-order valence-corrected chi connectivity index (χ2v) is 7.80. The molecule has 7 heteroatoms. The van der Waals surface area contributed by atoms with Gasteiger partial charge in [-0.25, -0.2) is 8.42 Å². The van der Waals surface area contributed by atoms with E-state index in [9.17, 15) is 13.2 Å². The molecule has 1 heterocycles. The summed E-state index contributed by atoms with van der Waals surface area (Å²) in [6, 6.07) is 1.30. The first kappa shape index (κ1) is 18.0. The van der Waals surface area contributed by atoms with Crippen LogP contribution in [-0.4, -0.2) is 25.4 Å². The van der Waals surface area contributed by atoms with Crippen LogP contribution < -0.4 is 5.32 Å². The van der Waals surface area contributed by atoms with Gasteiger partial charge in [-0.15, -0.1) is 0 Å². The minimum Gasteiger partial charge on any atom is -0.350 e. The van der Waals surface area contributed by atoms with Gasteiger partial charge in [0.25, 0.3) is 15.0 Å². The second-order valence-electron chi connectivity index (χ2n) is 5.24. The Bertz CT molecular complexity index is 581. The van der Waals surface area contributed by atoms with Crippen LogP contribution in [0.3, 0.4) is 0 Å². The summed E-state index contributed by atoms with van der Waals surface area (Å²) in [6.45, 7) is 4.85. The standard InChI is InChI=1S/C14H23ClN2O3S/c1-4-6-7-11(5-2)9-16-14(18)13-8-12(10-17(13)3)21(15,19)20/h8,10-11H,4-7,9H2,1-3H3,(H,16,18). The molecule has 0 aliphatic heterocycles. The molecule has 21 heavy (non-hydrogen) atoms. The second kappa shape index (κ2) is 7.84. The van der Waals surface area contributed by atoms with E-state index in [0.29, 0.717) is 18.2 Å². The summed E-state index contributed by atoms with van der Waals surface area (Å²) in [4.78, 5) is 12.1. The minimum atomic E-state index is -3.81. The lowest BCUT2D eigenvalue weighted by atomic mass is 9.99. The average Bonchev–Trinajstić information content (AvgIpc) is 2.81. The highest BCUT2D eigenvalue weighted by atomic mass is 35.7. The number of hydrogen-bond donors (Lipinski definition) is 1. The third kappa shape index (κ3) is 5.36. The van der Waals surface area contributed by atoms with Crippen LogP contribution in [0.15, 0.2) is 17.2 Å². The van der Waals surface area contributed by atoms with Crippen molar-refractivity contribution in [1.82, 2.24) is 9.88 Å².